The van der Waals surface area contributed by atoms with E-state index in [1.165, 1.54) is 19.9 Å². The van der Waals surface area contributed by atoms with Gasteiger partial charge in [-0.3, -0.25) is 9.59 Å². The molecule has 0 aromatic heterocycles. The van der Waals surface area contributed by atoms with Gasteiger partial charge in [-0.2, -0.15) is 0 Å². The van der Waals surface area contributed by atoms with Gasteiger partial charge in [0, 0.05) is 18.7 Å². The Morgan fingerprint density at radius 3 is 2.48 bits per heavy atom. The standard InChI is InChI=1S/C13H18N2O5S/c1-8-4-5-11(14-10(3)16)7-12(8)21(19,20)15-9(2)6-13(17)18/h4-5,7,9,15H,6H2,1-3H3,(H,14,16)(H,17,18). The van der Waals surface area contributed by atoms with Crippen molar-refractivity contribution in [2.45, 2.75) is 38.1 Å². The van der Waals surface area contributed by atoms with E-state index in [1.54, 1.807) is 19.1 Å². The van der Waals surface area contributed by atoms with Crippen LogP contribution in [0.5, 0.6) is 0 Å². The van der Waals surface area contributed by atoms with Crippen LogP contribution in [0.1, 0.15) is 25.8 Å². The van der Waals surface area contributed by atoms with Crippen LogP contribution in [0.4, 0.5) is 5.69 Å². The summed E-state index contributed by atoms with van der Waals surface area (Å²) in [7, 11) is -3.86. The fourth-order valence-corrected chi connectivity index (χ4v) is 3.32. The molecule has 1 aromatic carbocycles. The highest BCUT2D eigenvalue weighted by molar-refractivity contribution is 7.89. The predicted octanol–water partition coefficient (Wildman–Crippen LogP) is 1.09. The Hall–Kier alpha value is -1.93. The second-order valence-corrected chi connectivity index (χ2v) is 6.46. The molecule has 116 valence electrons. The maximum atomic E-state index is 12.3. The molecule has 21 heavy (non-hydrogen) atoms. The number of carbonyl (C=O) groups is 2. The molecule has 0 aliphatic carbocycles. The van der Waals surface area contributed by atoms with Crippen molar-refractivity contribution in [2.75, 3.05) is 5.32 Å². The number of carboxylic acid groups (broad SMARTS) is 1. The number of aryl methyl sites for hydroxylation is 1. The Balaban J connectivity index is 3.06. The number of rotatable bonds is 6. The first-order valence-corrected chi connectivity index (χ1v) is 7.72. The molecular formula is C13H18N2O5S. The van der Waals surface area contributed by atoms with Gasteiger partial charge in [0.25, 0.3) is 0 Å². The molecule has 0 saturated carbocycles. The topological polar surface area (TPSA) is 113 Å². The summed E-state index contributed by atoms with van der Waals surface area (Å²) in [5.74, 6) is -1.40. The SMILES string of the molecule is CC(=O)Nc1ccc(C)c(S(=O)(=O)NC(C)CC(=O)O)c1. The summed E-state index contributed by atoms with van der Waals surface area (Å²) in [5.41, 5.74) is 0.860. The van der Waals surface area contributed by atoms with E-state index in [0.29, 0.717) is 11.3 Å². The van der Waals surface area contributed by atoms with Gasteiger partial charge in [-0.25, -0.2) is 13.1 Å². The Morgan fingerprint density at radius 2 is 1.95 bits per heavy atom. The van der Waals surface area contributed by atoms with Crippen molar-refractivity contribution in [3.63, 3.8) is 0 Å². The summed E-state index contributed by atoms with van der Waals surface area (Å²) >= 11 is 0. The lowest BCUT2D eigenvalue weighted by Crippen LogP contribution is -2.34. The number of benzene rings is 1. The van der Waals surface area contributed by atoms with Crippen LogP contribution in [0.25, 0.3) is 0 Å². The van der Waals surface area contributed by atoms with Crippen LogP contribution in [-0.4, -0.2) is 31.4 Å². The molecule has 0 spiro atoms. The molecule has 1 unspecified atom stereocenters. The van der Waals surface area contributed by atoms with Gasteiger partial charge in [0.2, 0.25) is 15.9 Å². The van der Waals surface area contributed by atoms with Gasteiger partial charge >= 0.3 is 5.97 Å². The van der Waals surface area contributed by atoms with E-state index in [2.05, 4.69) is 10.0 Å². The molecule has 0 saturated heterocycles. The number of hydrogen-bond donors (Lipinski definition) is 3. The third-order valence-corrected chi connectivity index (χ3v) is 4.37. The van der Waals surface area contributed by atoms with Crippen molar-refractivity contribution in [3.8, 4) is 0 Å². The van der Waals surface area contributed by atoms with Crippen LogP contribution in [0.3, 0.4) is 0 Å². The average molecular weight is 314 g/mol. The molecule has 0 aliphatic rings. The van der Waals surface area contributed by atoms with Crippen LogP contribution >= 0.6 is 0 Å². The summed E-state index contributed by atoms with van der Waals surface area (Å²) in [4.78, 5) is 21.6. The number of nitrogens with one attached hydrogen (secondary N) is 2. The zero-order valence-corrected chi connectivity index (χ0v) is 12.8. The minimum absolute atomic E-state index is 0.00555. The molecule has 1 aromatic rings. The summed E-state index contributed by atoms with van der Waals surface area (Å²) in [6.45, 7) is 4.41. The average Bonchev–Trinajstić information content (AvgIpc) is 2.28. The Kier molecular flexibility index (Phi) is 5.45. The first kappa shape index (κ1) is 17.1. The normalized spacial score (nSPS) is 12.7. The summed E-state index contributed by atoms with van der Waals surface area (Å²) in [6, 6.07) is 3.77. The molecule has 1 atom stereocenters. The maximum absolute atomic E-state index is 12.3. The zero-order valence-electron chi connectivity index (χ0n) is 12.0. The van der Waals surface area contributed by atoms with Crippen LogP contribution in [0.15, 0.2) is 23.1 Å². The van der Waals surface area contributed by atoms with Gasteiger partial charge in [0.15, 0.2) is 0 Å². The third-order valence-electron chi connectivity index (χ3n) is 2.64. The van der Waals surface area contributed by atoms with Crippen LogP contribution in [-0.2, 0) is 19.6 Å². The van der Waals surface area contributed by atoms with E-state index in [-0.39, 0.29) is 17.2 Å². The highest BCUT2D eigenvalue weighted by Crippen LogP contribution is 2.20. The van der Waals surface area contributed by atoms with Gasteiger partial charge in [0.1, 0.15) is 0 Å². The molecule has 0 bridgehead atoms. The second-order valence-electron chi connectivity index (χ2n) is 4.78. The molecule has 1 amide bonds. The second kappa shape index (κ2) is 6.68. The number of hydrogen-bond acceptors (Lipinski definition) is 4. The molecule has 0 radical (unpaired) electrons. The number of anilines is 1. The van der Waals surface area contributed by atoms with Crippen molar-refractivity contribution in [2.24, 2.45) is 0 Å². The highest BCUT2D eigenvalue weighted by atomic mass is 32.2. The largest absolute Gasteiger partial charge is 0.481 e. The van der Waals surface area contributed by atoms with E-state index < -0.39 is 22.0 Å². The molecule has 0 aliphatic heterocycles. The molecule has 1 rings (SSSR count). The number of carbonyl (C=O) groups excluding carboxylic acids is 1. The molecular weight excluding hydrogens is 296 g/mol. The van der Waals surface area contributed by atoms with E-state index >= 15 is 0 Å². The monoisotopic (exact) mass is 314 g/mol. The van der Waals surface area contributed by atoms with Crippen molar-refractivity contribution in [1.29, 1.82) is 0 Å². The van der Waals surface area contributed by atoms with Crippen LogP contribution < -0.4 is 10.0 Å². The maximum Gasteiger partial charge on any atom is 0.304 e. The smallest absolute Gasteiger partial charge is 0.304 e. The minimum Gasteiger partial charge on any atom is -0.481 e. The summed E-state index contributed by atoms with van der Waals surface area (Å²) in [5, 5.41) is 11.2. The van der Waals surface area contributed by atoms with E-state index in [0.717, 1.165) is 0 Å². The molecule has 3 N–H and O–H groups in total. The Bertz CT molecular complexity index is 655. The van der Waals surface area contributed by atoms with Gasteiger partial charge < -0.3 is 10.4 Å². The lowest BCUT2D eigenvalue weighted by atomic mass is 10.2. The quantitative estimate of drug-likeness (QED) is 0.727. The Labute approximate surface area is 123 Å². The first-order chi connectivity index (χ1) is 9.61. The zero-order chi connectivity index (χ0) is 16.2. The number of sulfonamides is 1. The minimum atomic E-state index is -3.86. The van der Waals surface area contributed by atoms with Crippen LogP contribution in [0, 0.1) is 6.92 Å². The molecule has 8 heteroatoms. The van der Waals surface area contributed by atoms with Crippen molar-refractivity contribution in [3.05, 3.63) is 23.8 Å². The number of aliphatic carboxylic acids is 1. The molecule has 0 heterocycles. The number of amides is 1. The van der Waals surface area contributed by atoms with E-state index in [9.17, 15) is 18.0 Å². The van der Waals surface area contributed by atoms with E-state index in [1.807, 2.05) is 0 Å². The molecule has 7 nitrogen and oxygen atoms in total. The summed E-state index contributed by atoms with van der Waals surface area (Å²) in [6.07, 6.45) is -0.316. The van der Waals surface area contributed by atoms with E-state index in [4.69, 9.17) is 5.11 Å². The van der Waals surface area contributed by atoms with Gasteiger partial charge in [0.05, 0.1) is 11.3 Å². The van der Waals surface area contributed by atoms with Crippen molar-refractivity contribution in [1.82, 2.24) is 4.72 Å². The predicted molar refractivity (Wildman–Crippen MR) is 77.5 cm³/mol. The van der Waals surface area contributed by atoms with Crippen molar-refractivity contribution >= 4 is 27.6 Å². The lowest BCUT2D eigenvalue weighted by molar-refractivity contribution is -0.137. The fourth-order valence-electron chi connectivity index (χ4n) is 1.80. The Morgan fingerprint density at radius 1 is 1.33 bits per heavy atom. The fraction of sp³-hybridized carbons (Fsp3) is 0.385. The van der Waals surface area contributed by atoms with Crippen molar-refractivity contribution < 1.29 is 23.1 Å². The highest BCUT2D eigenvalue weighted by Gasteiger charge is 2.21. The van der Waals surface area contributed by atoms with Gasteiger partial charge in [-0.15, -0.1) is 0 Å². The van der Waals surface area contributed by atoms with Gasteiger partial charge in [-0.1, -0.05) is 6.07 Å². The van der Waals surface area contributed by atoms with Crippen LogP contribution in [0.2, 0.25) is 0 Å². The molecule has 0 fully saturated rings. The lowest BCUT2D eigenvalue weighted by Gasteiger charge is -2.15. The summed E-state index contributed by atoms with van der Waals surface area (Å²) < 4.78 is 26.8. The third kappa shape index (κ3) is 5.16. The van der Waals surface area contributed by atoms with Gasteiger partial charge in [-0.05, 0) is 31.5 Å². The first-order valence-electron chi connectivity index (χ1n) is 6.24. The number of carboxylic acids is 1.